The molecule has 2 aromatic carbocycles. The molecule has 1 atom stereocenters. The number of benzene rings is 2. The molecule has 3 aromatic rings. The van der Waals surface area contributed by atoms with Gasteiger partial charge in [0.15, 0.2) is 4.80 Å². The lowest BCUT2D eigenvalue weighted by Gasteiger charge is -2.27. The van der Waals surface area contributed by atoms with Gasteiger partial charge in [-0.25, -0.2) is 9.79 Å². The Labute approximate surface area is 243 Å². The Morgan fingerprint density at radius 1 is 1.23 bits per heavy atom. The standard InChI is InChI=1S/C29H28BrClN2O5S/c1-5-8-21-25(28(35)37-7-3)26(19-16-18(31)10-12-22(19)36-4)33-27(34)24(39-29(33)32-21)15-17-9-11-23(20(30)14-17)38-13-6-2/h6,9-12,14-16,26H,2,5,7-8,13H2,1,3-4H3/b24-15+/t26-/m0/s1. The number of halogens is 2. The maximum atomic E-state index is 14.0. The summed E-state index contributed by atoms with van der Waals surface area (Å²) >= 11 is 11.2. The van der Waals surface area contributed by atoms with Crippen LogP contribution in [0.2, 0.25) is 5.02 Å². The fourth-order valence-electron chi connectivity index (χ4n) is 4.36. The highest BCUT2D eigenvalue weighted by atomic mass is 79.9. The number of allylic oxidation sites excluding steroid dienone is 1. The average molecular weight is 632 g/mol. The van der Waals surface area contributed by atoms with Gasteiger partial charge >= 0.3 is 5.97 Å². The van der Waals surface area contributed by atoms with Gasteiger partial charge in [-0.15, -0.1) is 0 Å². The van der Waals surface area contributed by atoms with Crippen molar-refractivity contribution in [3.63, 3.8) is 0 Å². The molecule has 0 N–H and O–H groups in total. The van der Waals surface area contributed by atoms with Crippen LogP contribution >= 0.6 is 38.9 Å². The van der Waals surface area contributed by atoms with Crippen molar-refractivity contribution in [3.8, 4) is 11.5 Å². The molecule has 4 rings (SSSR count). The van der Waals surface area contributed by atoms with E-state index in [0.717, 1.165) is 16.5 Å². The molecule has 0 unspecified atom stereocenters. The zero-order chi connectivity index (χ0) is 28.1. The first kappa shape index (κ1) is 28.9. The van der Waals surface area contributed by atoms with E-state index in [2.05, 4.69) is 22.5 Å². The molecule has 0 fully saturated rings. The molecule has 39 heavy (non-hydrogen) atoms. The average Bonchev–Trinajstić information content (AvgIpc) is 3.22. The molecule has 0 saturated carbocycles. The first-order valence-corrected chi connectivity index (χ1v) is 14.4. The van der Waals surface area contributed by atoms with Gasteiger partial charge in [-0.3, -0.25) is 9.36 Å². The van der Waals surface area contributed by atoms with Crippen LogP contribution in [-0.4, -0.2) is 30.9 Å². The number of thiazole rings is 1. The maximum Gasteiger partial charge on any atom is 0.338 e. The van der Waals surface area contributed by atoms with Crippen LogP contribution in [0.5, 0.6) is 11.5 Å². The van der Waals surface area contributed by atoms with Gasteiger partial charge in [0.2, 0.25) is 0 Å². The summed E-state index contributed by atoms with van der Waals surface area (Å²) in [6.45, 7) is 7.99. The molecule has 7 nitrogen and oxygen atoms in total. The van der Waals surface area contributed by atoms with Crippen LogP contribution in [0.3, 0.4) is 0 Å². The summed E-state index contributed by atoms with van der Waals surface area (Å²) in [4.78, 5) is 32.6. The van der Waals surface area contributed by atoms with Crippen molar-refractivity contribution in [1.82, 2.24) is 4.57 Å². The van der Waals surface area contributed by atoms with Gasteiger partial charge < -0.3 is 14.2 Å². The summed E-state index contributed by atoms with van der Waals surface area (Å²) in [6, 6.07) is 9.90. The summed E-state index contributed by atoms with van der Waals surface area (Å²) in [7, 11) is 1.54. The zero-order valence-electron chi connectivity index (χ0n) is 21.8. The molecule has 10 heteroatoms. The second-order valence-corrected chi connectivity index (χ2v) is 10.9. The molecular formula is C29H28BrClN2O5S. The van der Waals surface area contributed by atoms with Crippen LogP contribution in [0.1, 0.15) is 43.9 Å². The van der Waals surface area contributed by atoms with E-state index in [4.69, 9.17) is 30.8 Å². The van der Waals surface area contributed by atoms with Crippen molar-refractivity contribution in [2.75, 3.05) is 20.3 Å². The van der Waals surface area contributed by atoms with E-state index in [0.29, 0.717) is 55.7 Å². The molecule has 0 aliphatic carbocycles. The van der Waals surface area contributed by atoms with E-state index >= 15 is 0 Å². The predicted molar refractivity (Wildman–Crippen MR) is 157 cm³/mol. The molecule has 2 heterocycles. The first-order chi connectivity index (χ1) is 18.8. The number of carbonyl (C=O) groups excluding carboxylic acids is 1. The molecule has 204 valence electrons. The molecular weight excluding hydrogens is 604 g/mol. The molecule has 0 spiro atoms. The van der Waals surface area contributed by atoms with Crippen molar-refractivity contribution in [2.45, 2.75) is 32.7 Å². The van der Waals surface area contributed by atoms with Gasteiger partial charge in [0.25, 0.3) is 5.56 Å². The fourth-order valence-corrected chi connectivity index (χ4v) is 6.07. The summed E-state index contributed by atoms with van der Waals surface area (Å²) in [5.74, 6) is 0.646. The predicted octanol–water partition coefficient (Wildman–Crippen LogP) is 5.57. The first-order valence-electron chi connectivity index (χ1n) is 12.4. The van der Waals surface area contributed by atoms with E-state index in [9.17, 15) is 9.59 Å². The van der Waals surface area contributed by atoms with Crippen LogP contribution in [0.25, 0.3) is 6.08 Å². The summed E-state index contributed by atoms with van der Waals surface area (Å²) in [5.41, 5.74) is 1.99. The number of esters is 1. The number of carbonyl (C=O) groups is 1. The molecule has 1 aliphatic heterocycles. The van der Waals surface area contributed by atoms with E-state index < -0.39 is 12.0 Å². The Morgan fingerprint density at radius 3 is 2.67 bits per heavy atom. The molecule has 1 aliphatic rings. The molecule has 0 amide bonds. The van der Waals surface area contributed by atoms with Crippen molar-refractivity contribution in [2.24, 2.45) is 4.99 Å². The Hall–Kier alpha value is -3.14. The monoisotopic (exact) mass is 630 g/mol. The highest BCUT2D eigenvalue weighted by Gasteiger charge is 2.36. The minimum Gasteiger partial charge on any atom is -0.496 e. The van der Waals surface area contributed by atoms with E-state index in [-0.39, 0.29) is 12.2 Å². The third-order valence-corrected chi connectivity index (χ3v) is 7.83. The Bertz CT molecular complexity index is 1630. The largest absolute Gasteiger partial charge is 0.496 e. The number of nitrogens with zero attached hydrogens (tertiary/aromatic N) is 2. The quantitative estimate of drug-likeness (QED) is 0.216. The zero-order valence-corrected chi connectivity index (χ0v) is 25.0. The highest BCUT2D eigenvalue weighted by molar-refractivity contribution is 9.10. The van der Waals surface area contributed by atoms with E-state index in [1.54, 1.807) is 37.3 Å². The van der Waals surface area contributed by atoms with Gasteiger partial charge in [-0.2, -0.15) is 0 Å². The van der Waals surface area contributed by atoms with Crippen LogP contribution in [0, 0.1) is 0 Å². The molecule has 0 radical (unpaired) electrons. The van der Waals surface area contributed by atoms with Crippen LogP contribution < -0.4 is 24.4 Å². The number of aromatic nitrogens is 1. The van der Waals surface area contributed by atoms with Gasteiger partial charge in [0.05, 0.1) is 34.0 Å². The van der Waals surface area contributed by atoms with Crippen molar-refractivity contribution >= 4 is 50.9 Å². The Balaban J connectivity index is 1.97. The van der Waals surface area contributed by atoms with Crippen LogP contribution in [0.15, 0.2) is 74.6 Å². The topological polar surface area (TPSA) is 79.1 Å². The van der Waals surface area contributed by atoms with Crippen molar-refractivity contribution in [3.05, 3.63) is 101 Å². The number of ether oxygens (including phenoxy) is 3. The van der Waals surface area contributed by atoms with Gasteiger partial charge in [-0.1, -0.05) is 55.0 Å². The third kappa shape index (κ3) is 6.05. The van der Waals surface area contributed by atoms with Crippen LogP contribution in [-0.2, 0) is 9.53 Å². The van der Waals surface area contributed by atoms with E-state index in [1.807, 2.05) is 25.1 Å². The minimum atomic E-state index is -0.820. The van der Waals surface area contributed by atoms with Crippen LogP contribution in [0.4, 0.5) is 0 Å². The summed E-state index contributed by atoms with van der Waals surface area (Å²) in [6.07, 6.45) is 4.76. The Morgan fingerprint density at radius 2 is 2.00 bits per heavy atom. The SMILES string of the molecule is C=CCOc1ccc(/C=c2/sc3n(c2=O)[C@@H](c2cc(Cl)ccc2OC)C(C(=O)OCC)=C(CCC)N=3)cc1Br. The number of hydrogen-bond donors (Lipinski definition) is 0. The second-order valence-electron chi connectivity index (χ2n) is 8.59. The fraction of sp³-hybridized carbons (Fsp3) is 0.276. The number of methoxy groups -OCH3 is 1. The molecule has 1 aromatic heterocycles. The highest BCUT2D eigenvalue weighted by Crippen LogP contribution is 2.38. The van der Waals surface area contributed by atoms with Crippen molar-refractivity contribution in [1.29, 1.82) is 0 Å². The summed E-state index contributed by atoms with van der Waals surface area (Å²) < 4.78 is 19.5. The Kier molecular flexibility index (Phi) is 9.48. The smallest absolute Gasteiger partial charge is 0.338 e. The number of fused-ring (bicyclic) bond motifs is 1. The lowest BCUT2D eigenvalue weighted by atomic mass is 9.93. The number of rotatable bonds is 10. The molecule has 0 saturated heterocycles. The second kappa shape index (κ2) is 12.8. The minimum absolute atomic E-state index is 0.187. The normalized spacial score (nSPS) is 15.0. The van der Waals surface area contributed by atoms with E-state index in [1.165, 1.54) is 23.0 Å². The lowest BCUT2D eigenvalue weighted by molar-refractivity contribution is -0.139. The number of hydrogen-bond acceptors (Lipinski definition) is 7. The van der Waals surface area contributed by atoms with Gasteiger partial charge in [0.1, 0.15) is 24.1 Å². The lowest BCUT2D eigenvalue weighted by Crippen LogP contribution is -2.40. The van der Waals surface area contributed by atoms with Gasteiger partial charge in [0, 0.05) is 10.6 Å². The van der Waals surface area contributed by atoms with Gasteiger partial charge in [-0.05, 0) is 71.2 Å². The maximum absolute atomic E-state index is 14.0. The third-order valence-electron chi connectivity index (χ3n) is 5.99. The van der Waals surface area contributed by atoms with Crippen molar-refractivity contribution < 1.29 is 19.0 Å². The molecule has 0 bridgehead atoms. The summed E-state index contributed by atoms with van der Waals surface area (Å²) in [5, 5.41) is 0.453.